The van der Waals surface area contributed by atoms with Gasteiger partial charge in [0, 0.05) is 24.2 Å². The third-order valence-corrected chi connectivity index (χ3v) is 4.57. The molecule has 1 aliphatic rings. The number of carbonyl (C=O) groups is 2. The standard InChI is InChI=1S/C19H18ClFN2O3/c1-26-15-7-4-13(5-8-15)19(25)23(12-22-10-2-3-18(22)24)14-6-9-17(21)16(20)11-14/h4-9,11H,2-3,10,12H2,1H3. The van der Waals surface area contributed by atoms with Gasteiger partial charge in [-0.05, 0) is 48.9 Å². The number of amides is 2. The molecule has 2 aromatic carbocycles. The van der Waals surface area contributed by atoms with Crippen LogP contribution in [-0.4, -0.2) is 37.0 Å². The maximum absolute atomic E-state index is 13.5. The Morgan fingerprint density at radius 3 is 2.58 bits per heavy atom. The number of ether oxygens (including phenoxy) is 1. The zero-order valence-corrected chi connectivity index (χ0v) is 15.0. The topological polar surface area (TPSA) is 49.9 Å². The van der Waals surface area contributed by atoms with Gasteiger partial charge in [-0.1, -0.05) is 11.6 Å². The second-order valence-corrected chi connectivity index (χ2v) is 6.37. The predicted octanol–water partition coefficient (Wildman–Crippen LogP) is 3.71. The zero-order valence-electron chi connectivity index (χ0n) is 14.2. The van der Waals surface area contributed by atoms with Crippen molar-refractivity contribution in [2.24, 2.45) is 0 Å². The number of carbonyl (C=O) groups excluding carboxylic acids is 2. The molecule has 5 nitrogen and oxygen atoms in total. The quantitative estimate of drug-likeness (QED) is 0.799. The van der Waals surface area contributed by atoms with Crippen LogP contribution in [0.25, 0.3) is 0 Å². The summed E-state index contributed by atoms with van der Waals surface area (Å²) in [5, 5.41) is -0.0808. The summed E-state index contributed by atoms with van der Waals surface area (Å²) in [4.78, 5) is 28.1. The third kappa shape index (κ3) is 3.80. The molecule has 1 fully saturated rings. The molecule has 1 aliphatic heterocycles. The Morgan fingerprint density at radius 1 is 1.27 bits per heavy atom. The van der Waals surface area contributed by atoms with Crippen LogP contribution in [0, 0.1) is 5.82 Å². The molecule has 0 radical (unpaired) electrons. The summed E-state index contributed by atoms with van der Waals surface area (Å²) in [7, 11) is 1.54. The van der Waals surface area contributed by atoms with Crippen molar-refractivity contribution >= 4 is 29.1 Å². The zero-order chi connectivity index (χ0) is 18.7. The lowest BCUT2D eigenvalue weighted by Gasteiger charge is -2.28. The van der Waals surface area contributed by atoms with E-state index in [1.54, 1.807) is 36.3 Å². The molecule has 0 aromatic heterocycles. The Bertz CT molecular complexity index is 826. The van der Waals surface area contributed by atoms with Gasteiger partial charge in [-0.15, -0.1) is 0 Å². The molecule has 1 saturated heterocycles. The highest BCUT2D eigenvalue weighted by Gasteiger charge is 2.26. The summed E-state index contributed by atoms with van der Waals surface area (Å²) in [6.45, 7) is 0.672. The molecule has 0 spiro atoms. The second-order valence-electron chi connectivity index (χ2n) is 5.96. The van der Waals surface area contributed by atoms with E-state index in [9.17, 15) is 14.0 Å². The molecule has 0 unspecified atom stereocenters. The van der Waals surface area contributed by atoms with Crippen LogP contribution in [-0.2, 0) is 4.79 Å². The number of anilines is 1. The first-order valence-electron chi connectivity index (χ1n) is 8.18. The van der Waals surface area contributed by atoms with Gasteiger partial charge in [-0.2, -0.15) is 0 Å². The maximum Gasteiger partial charge on any atom is 0.259 e. The smallest absolute Gasteiger partial charge is 0.259 e. The molecule has 1 heterocycles. The van der Waals surface area contributed by atoms with Crippen molar-refractivity contribution in [2.75, 3.05) is 25.2 Å². The van der Waals surface area contributed by atoms with Crippen molar-refractivity contribution in [2.45, 2.75) is 12.8 Å². The summed E-state index contributed by atoms with van der Waals surface area (Å²) in [6, 6.07) is 10.7. The first kappa shape index (κ1) is 18.2. The number of hydrogen-bond donors (Lipinski definition) is 0. The van der Waals surface area contributed by atoms with Crippen LogP contribution in [0.3, 0.4) is 0 Å². The first-order valence-corrected chi connectivity index (χ1v) is 8.56. The SMILES string of the molecule is COc1ccc(C(=O)N(CN2CCCC2=O)c2ccc(F)c(Cl)c2)cc1. The van der Waals surface area contributed by atoms with Crippen LogP contribution >= 0.6 is 11.6 Å². The first-order chi connectivity index (χ1) is 12.5. The van der Waals surface area contributed by atoms with Crippen molar-refractivity contribution in [3.63, 3.8) is 0 Å². The summed E-state index contributed by atoms with van der Waals surface area (Å²) >= 11 is 5.88. The van der Waals surface area contributed by atoms with Crippen LogP contribution in [0.4, 0.5) is 10.1 Å². The molecule has 0 aliphatic carbocycles. The van der Waals surface area contributed by atoms with E-state index < -0.39 is 5.82 Å². The Balaban J connectivity index is 1.93. The predicted molar refractivity (Wildman–Crippen MR) is 97.0 cm³/mol. The van der Waals surface area contributed by atoms with Gasteiger partial charge in [0.2, 0.25) is 5.91 Å². The lowest BCUT2D eigenvalue weighted by Crippen LogP contribution is -2.42. The van der Waals surface area contributed by atoms with E-state index >= 15 is 0 Å². The van der Waals surface area contributed by atoms with Crippen molar-refractivity contribution in [3.8, 4) is 5.75 Å². The van der Waals surface area contributed by atoms with E-state index in [-0.39, 0.29) is 23.5 Å². The number of methoxy groups -OCH3 is 1. The number of nitrogens with zero attached hydrogens (tertiary/aromatic N) is 2. The van der Waals surface area contributed by atoms with Gasteiger partial charge in [0.25, 0.3) is 5.91 Å². The number of halogens is 2. The molecule has 2 amide bonds. The van der Waals surface area contributed by atoms with Gasteiger partial charge in [0.1, 0.15) is 18.2 Å². The highest BCUT2D eigenvalue weighted by molar-refractivity contribution is 6.31. The molecule has 3 rings (SSSR count). The molecule has 0 atom stereocenters. The number of likely N-dealkylation sites (tertiary alicyclic amines) is 1. The summed E-state index contributed by atoms with van der Waals surface area (Å²) in [5.41, 5.74) is 0.856. The molecule has 0 saturated carbocycles. The molecule has 0 bridgehead atoms. The van der Waals surface area contributed by atoms with E-state index in [1.165, 1.54) is 23.1 Å². The average Bonchev–Trinajstić information content (AvgIpc) is 3.06. The highest BCUT2D eigenvalue weighted by atomic mass is 35.5. The normalized spacial score (nSPS) is 13.8. The minimum absolute atomic E-state index is 0.00857. The van der Waals surface area contributed by atoms with E-state index in [4.69, 9.17) is 16.3 Å². The monoisotopic (exact) mass is 376 g/mol. The fourth-order valence-electron chi connectivity index (χ4n) is 2.83. The maximum atomic E-state index is 13.5. The van der Waals surface area contributed by atoms with Crippen molar-refractivity contribution in [1.29, 1.82) is 0 Å². The number of rotatable bonds is 5. The average molecular weight is 377 g/mol. The van der Waals surface area contributed by atoms with Crippen molar-refractivity contribution < 1.29 is 18.7 Å². The summed E-state index contributed by atoms with van der Waals surface area (Å²) in [6.07, 6.45) is 1.22. The van der Waals surface area contributed by atoms with Gasteiger partial charge in [0.15, 0.2) is 0 Å². The largest absolute Gasteiger partial charge is 0.497 e. The van der Waals surface area contributed by atoms with Gasteiger partial charge in [0.05, 0.1) is 12.1 Å². The minimum Gasteiger partial charge on any atom is -0.497 e. The van der Waals surface area contributed by atoms with Crippen LogP contribution < -0.4 is 9.64 Å². The Hall–Kier alpha value is -2.60. The van der Waals surface area contributed by atoms with E-state index in [1.807, 2.05) is 0 Å². The molecule has 2 aromatic rings. The van der Waals surface area contributed by atoms with Crippen LogP contribution in [0.15, 0.2) is 42.5 Å². The molecular formula is C19H18ClFN2O3. The molecule has 26 heavy (non-hydrogen) atoms. The second kappa shape index (κ2) is 7.74. The molecule has 7 heteroatoms. The van der Waals surface area contributed by atoms with Gasteiger partial charge in [-0.3, -0.25) is 14.5 Å². The minimum atomic E-state index is -0.565. The lowest BCUT2D eigenvalue weighted by atomic mass is 10.1. The summed E-state index contributed by atoms with van der Waals surface area (Å²) < 4.78 is 18.6. The van der Waals surface area contributed by atoms with Crippen LogP contribution in [0.5, 0.6) is 5.75 Å². The summed E-state index contributed by atoms with van der Waals surface area (Å²) in [5.74, 6) is -0.252. The Labute approximate surface area is 155 Å². The van der Waals surface area contributed by atoms with Crippen molar-refractivity contribution in [3.05, 3.63) is 58.9 Å². The number of benzene rings is 2. The molecule has 0 N–H and O–H groups in total. The fraction of sp³-hybridized carbons (Fsp3) is 0.263. The Morgan fingerprint density at radius 2 is 2.00 bits per heavy atom. The van der Waals surface area contributed by atoms with Gasteiger partial charge < -0.3 is 9.64 Å². The van der Waals surface area contributed by atoms with Gasteiger partial charge >= 0.3 is 0 Å². The van der Waals surface area contributed by atoms with E-state index in [2.05, 4.69) is 0 Å². The lowest BCUT2D eigenvalue weighted by molar-refractivity contribution is -0.127. The van der Waals surface area contributed by atoms with Crippen molar-refractivity contribution in [1.82, 2.24) is 4.90 Å². The molecular weight excluding hydrogens is 359 g/mol. The highest BCUT2D eigenvalue weighted by Crippen LogP contribution is 2.26. The third-order valence-electron chi connectivity index (χ3n) is 4.28. The van der Waals surface area contributed by atoms with Crippen LogP contribution in [0.1, 0.15) is 23.2 Å². The number of hydrogen-bond acceptors (Lipinski definition) is 3. The van der Waals surface area contributed by atoms with E-state index in [0.29, 0.717) is 30.0 Å². The van der Waals surface area contributed by atoms with Gasteiger partial charge in [-0.25, -0.2) is 4.39 Å². The Kier molecular flexibility index (Phi) is 5.42. The molecule has 136 valence electrons. The van der Waals surface area contributed by atoms with E-state index in [0.717, 1.165) is 6.42 Å². The van der Waals surface area contributed by atoms with Crippen LogP contribution in [0.2, 0.25) is 5.02 Å². The fourth-order valence-corrected chi connectivity index (χ4v) is 3.00.